The van der Waals surface area contributed by atoms with Gasteiger partial charge in [-0.25, -0.2) is 0 Å². The molecule has 0 saturated carbocycles. The molecular formula is C18H17N3O4. The van der Waals surface area contributed by atoms with Crippen LogP contribution in [0.3, 0.4) is 0 Å². The zero-order valence-electron chi connectivity index (χ0n) is 13.8. The van der Waals surface area contributed by atoms with Crippen molar-refractivity contribution in [2.45, 2.75) is 6.42 Å². The standard InChI is InChI=1S/C18H17N3O4/c1-24-15-8-3-12(11-16(15)25-2)18(23)21-14-6-4-13(5-7-14)20-17(22)9-10-19/h3-8,11H,9H2,1-2H3,(H,20,22)(H,21,23). The largest absolute Gasteiger partial charge is 0.493 e. The van der Waals surface area contributed by atoms with E-state index in [-0.39, 0.29) is 18.2 Å². The molecule has 2 amide bonds. The summed E-state index contributed by atoms with van der Waals surface area (Å²) in [4.78, 5) is 23.7. The lowest BCUT2D eigenvalue weighted by Gasteiger charge is -2.10. The number of benzene rings is 2. The topological polar surface area (TPSA) is 100 Å². The van der Waals surface area contributed by atoms with Crippen molar-refractivity contribution >= 4 is 23.2 Å². The first kappa shape index (κ1) is 17.8. The van der Waals surface area contributed by atoms with Gasteiger partial charge in [0, 0.05) is 16.9 Å². The van der Waals surface area contributed by atoms with Crippen LogP contribution in [-0.2, 0) is 4.79 Å². The summed E-state index contributed by atoms with van der Waals surface area (Å²) >= 11 is 0. The molecule has 2 N–H and O–H groups in total. The van der Waals surface area contributed by atoms with E-state index in [9.17, 15) is 9.59 Å². The molecule has 0 aliphatic heterocycles. The summed E-state index contributed by atoms with van der Waals surface area (Å²) < 4.78 is 10.3. The van der Waals surface area contributed by atoms with Gasteiger partial charge in [-0.05, 0) is 42.5 Å². The average molecular weight is 339 g/mol. The summed E-state index contributed by atoms with van der Waals surface area (Å²) in [5, 5.41) is 13.8. The number of hydrogen-bond donors (Lipinski definition) is 2. The van der Waals surface area contributed by atoms with Crippen molar-refractivity contribution in [3.8, 4) is 17.6 Å². The van der Waals surface area contributed by atoms with E-state index in [4.69, 9.17) is 14.7 Å². The number of anilines is 2. The van der Waals surface area contributed by atoms with Gasteiger partial charge >= 0.3 is 0 Å². The lowest BCUT2D eigenvalue weighted by molar-refractivity contribution is -0.115. The Kier molecular flexibility index (Phi) is 5.96. The Morgan fingerprint density at radius 2 is 1.56 bits per heavy atom. The Balaban J connectivity index is 2.05. The third-order valence-corrected chi connectivity index (χ3v) is 3.31. The summed E-state index contributed by atoms with van der Waals surface area (Å²) in [6.45, 7) is 0. The van der Waals surface area contributed by atoms with Crippen LogP contribution in [0.15, 0.2) is 42.5 Å². The maximum absolute atomic E-state index is 12.3. The van der Waals surface area contributed by atoms with Gasteiger partial charge in [0.25, 0.3) is 5.91 Å². The van der Waals surface area contributed by atoms with Crippen molar-refractivity contribution in [3.63, 3.8) is 0 Å². The molecule has 0 aliphatic rings. The van der Waals surface area contributed by atoms with Gasteiger partial charge in [0.1, 0.15) is 6.42 Å². The first-order valence-electron chi connectivity index (χ1n) is 7.37. The van der Waals surface area contributed by atoms with Crippen molar-refractivity contribution in [2.75, 3.05) is 24.9 Å². The monoisotopic (exact) mass is 339 g/mol. The Labute approximate surface area is 145 Å². The summed E-state index contributed by atoms with van der Waals surface area (Å²) in [6.07, 6.45) is -0.211. The number of methoxy groups -OCH3 is 2. The zero-order chi connectivity index (χ0) is 18.2. The first-order chi connectivity index (χ1) is 12.1. The van der Waals surface area contributed by atoms with Crippen LogP contribution in [0.5, 0.6) is 11.5 Å². The number of nitrogens with zero attached hydrogens (tertiary/aromatic N) is 1. The number of nitriles is 1. The van der Waals surface area contributed by atoms with Gasteiger partial charge in [0.05, 0.1) is 20.3 Å². The van der Waals surface area contributed by atoms with Crippen molar-refractivity contribution in [2.24, 2.45) is 0 Å². The molecular weight excluding hydrogens is 322 g/mol. The van der Waals surface area contributed by atoms with E-state index in [1.165, 1.54) is 14.2 Å². The molecule has 25 heavy (non-hydrogen) atoms. The van der Waals surface area contributed by atoms with Crippen LogP contribution in [0.4, 0.5) is 11.4 Å². The van der Waals surface area contributed by atoms with Crippen LogP contribution in [0, 0.1) is 11.3 Å². The first-order valence-corrected chi connectivity index (χ1v) is 7.37. The molecule has 0 spiro atoms. The molecule has 0 aliphatic carbocycles. The maximum atomic E-state index is 12.3. The third kappa shape index (κ3) is 4.72. The average Bonchev–Trinajstić information content (AvgIpc) is 2.62. The molecule has 7 nitrogen and oxygen atoms in total. The summed E-state index contributed by atoms with van der Waals surface area (Å²) in [5.74, 6) is 0.314. The normalized spacial score (nSPS) is 9.64. The van der Waals surface area contributed by atoms with E-state index in [0.717, 1.165) is 0 Å². The number of nitrogens with one attached hydrogen (secondary N) is 2. The van der Waals surface area contributed by atoms with Gasteiger partial charge in [-0.15, -0.1) is 0 Å². The third-order valence-electron chi connectivity index (χ3n) is 3.31. The number of carbonyl (C=O) groups is 2. The van der Waals surface area contributed by atoms with Crippen molar-refractivity contribution in [1.29, 1.82) is 5.26 Å². The zero-order valence-corrected chi connectivity index (χ0v) is 13.8. The van der Waals surface area contributed by atoms with Crippen LogP contribution in [0.1, 0.15) is 16.8 Å². The molecule has 2 aromatic carbocycles. The molecule has 0 saturated heterocycles. The predicted octanol–water partition coefficient (Wildman–Crippen LogP) is 2.81. The lowest BCUT2D eigenvalue weighted by atomic mass is 10.1. The van der Waals surface area contributed by atoms with Crippen LogP contribution in [0.25, 0.3) is 0 Å². The Hall–Kier alpha value is -3.53. The second kappa shape index (κ2) is 8.36. The number of rotatable bonds is 6. The van der Waals surface area contributed by atoms with Crippen LogP contribution >= 0.6 is 0 Å². The summed E-state index contributed by atoms with van der Waals surface area (Å²) in [5.41, 5.74) is 1.53. The molecule has 0 fully saturated rings. The van der Waals surface area contributed by atoms with Gasteiger partial charge < -0.3 is 20.1 Å². The molecule has 0 atom stereocenters. The number of amides is 2. The fourth-order valence-electron chi connectivity index (χ4n) is 2.09. The highest BCUT2D eigenvalue weighted by molar-refractivity contribution is 6.04. The minimum atomic E-state index is -0.385. The van der Waals surface area contributed by atoms with Crippen molar-refractivity contribution < 1.29 is 19.1 Å². The van der Waals surface area contributed by atoms with E-state index in [2.05, 4.69) is 10.6 Å². The molecule has 7 heteroatoms. The molecule has 128 valence electrons. The maximum Gasteiger partial charge on any atom is 0.255 e. The lowest BCUT2D eigenvalue weighted by Crippen LogP contribution is -2.13. The SMILES string of the molecule is COc1ccc(C(=O)Nc2ccc(NC(=O)CC#N)cc2)cc1OC. The quantitative estimate of drug-likeness (QED) is 0.843. The predicted molar refractivity (Wildman–Crippen MR) is 92.8 cm³/mol. The van der Waals surface area contributed by atoms with Gasteiger partial charge in [0.2, 0.25) is 5.91 Å². The van der Waals surface area contributed by atoms with Crippen LogP contribution < -0.4 is 20.1 Å². The molecule has 0 bridgehead atoms. The van der Waals surface area contributed by atoms with E-state index in [0.29, 0.717) is 28.4 Å². The molecule has 2 aromatic rings. The highest BCUT2D eigenvalue weighted by Crippen LogP contribution is 2.28. The highest BCUT2D eigenvalue weighted by Gasteiger charge is 2.11. The molecule has 0 radical (unpaired) electrons. The number of carbonyl (C=O) groups excluding carboxylic acids is 2. The molecule has 0 aromatic heterocycles. The van der Waals surface area contributed by atoms with E-state index in [1.807, 2.05) is 0 Å². The van der Waals surface area contributed by atoms with Gasteiger partial charge in [-0.1, -0.05) is 0 Å². The minimum absolute atomic E-state index is 0.211. The number of ether oxygens (including phenoxy) is 2. The molecule has 0 heterocycles. The minimum Gasteiger partial charge on any atom is -0.493 e. The van der Waals surface area contributed by atoms with Gasteiger partial charge in [0.15, 0.2) is 11.5 Å². The van der Waals surface area contributed by atoms with E-state index >= 15 is 0 Å². The van der Waals surface area contributed by atoms with Crippen molar-refractivity contribution in [3.05, 3.63) is 48.0 Å². The van der Waals surface area contributed by atoms with Gasteiger partial charge in [-0.2, -0.15) is 5.26 Å². The van der Waals surface area contributed by atoms with E-state index in [1.54, 1.807) is 48.5 Å². The second-order valence-electron chi connectivity index (χ2n) is 4.98. The molecule has 0 unspecified atom stereocenters. The fourth-order valence-corrected chi connectivity index (χ4v) is 2.09. The second-order valence-corrected chi connectivity index (χ2v) is 4.98. The number of hydrogen-bond acceptors (Lipinski definition) is 5. The molecule has 2 rings (SSSR count). The van der Waals surface area contributed by atoms with Crippen molar-refractivity contribution in [1.82, 2.24) is 0 Å². The van der Waals surface area contributed by atoms with Crippen LogP contribution in [0.2, 0.25) is 0 Å². The summed E-state index contributed by atoms with van der Waals surface area (Å²) in [7, 11) is 3.02. The highest BCUT2D eigenvalue weighted by atomic mass is 16.5. The fraction of sp³-hybridized carbons (Fsp3) is 0.167. The van der Waals surface area contributed by atoms with E-state index < -0.39 is 0 Å². The Bertz CT molecular complexity index is 810. The van der Waals surface area contributed by atoms with Crippen LogP contribution in [-0.4, -0.2) is 26.0 Å². The Morgan fingerprint density at radius 1 is 0.960 bits per heavy atom. The smallest absolute Gasteiger partial charge is 0.255 e. The van der Waals surface area contributed by atoms with Gasteiger partial charge in [-0.3, -0.25) is 9.59 Å². The Morgan fingerprint density at radius 3 is 2.12 bits per heavy atom. The summed E-state index contributed by atoms with van der Waals surface area (Å²) in [6, 6.07) is 13.2.